The number of allylic oxidation sites excluding steroid dienone is 4. The predicted octanol–water partition coefficient (Wildman–Crippen LogP) is 7.24. The third kappa shape index (κ3) is 1.98. The molecule has 0 aromatic rings. The van der Waals surface area contributed by atoms with Crippen LogP contribution in [0.2, 0.25) is 0 Å². The molecule has 0 unspecified atom stereocenters. The molecular formula is C30H42O2. The SMILES string of the molecule is CC1=C2C[C@@H]3[C@H](C[C@]2(C)CCC1)OC(=O)[C@]31C[C@H]2C[C@]13C(=C2C)[C@@H]1[C@H](CC[C@@H]3C)C1(C)C. The predicted molar refractivity (Wildman–Crippen MR) is 127 cm³/mol. The van der Waals surface area contributed by atoms with Crippen LogP contribution in [0.25, 0.3) is 0 Å². The summed E-state index contributed by atoms with van der Waals surface area (Å²) in [7, 11) is 0. The number of rotatable bonds is 0. The Balaban J connectivity index is 1.41. The Labute approximate surface area is 194 Å². The van der Waals surface area contributed by atoms with Gasteiger partial charge in [0.2, 0.25) is 0 Å². The first kappa shape index (κ1) is 20.3. The minimum atomic E-state index is -0.254. The molecule has 1 saturated heterocycles. The van der Waals surface area contributed by atoms with Gasteiger partial charge in [0.05, 0.1) is 5.41 Å². The van der Waals surface area contributed by atoms with Gasteiger partial charge in [-0.05, 0) is 106 Å². The molecule has 9 atom stereocenters. The molecule has 2 spiro atoms. The summed E-state index contributed by atoms with van der Waals surface area (Å²) in [5.74, 6) is 3.38. The summed E-state index contributed by atoms with van der Waals surface area (Å²) in [5, 5.41) is 0. The highest BCUT2D eigenvalue weighted by Gasteiger charge is 2.80. The second kappa shape index (κ2) is 5.77. The second-order valence-electron chi connectivity index (χ2n) is 14.2. The minimum absolute atomic E-state index is 0.0717. The van der Waals surface area contributed by atoms with Crippen molar-refractivity contribution >= 4 is 5.97 Å². The Bertz CT molecular complexity index is 998. The first-order valence-corrected chi connectivity index (χ1v) is 13.7. The minimum Gasteiger partial charge on any atom is -0.462 e. The van der Waals surface area contributed by atoms with E-state index in [9.17, 15) is 4.79 Å². The number of carbonyl (C=O) groups is 1. The fourth-order valence-corrected chi connectivity index (χ4v) is 11.3. The van der Waals surface area contributed by atoms with E-state index in [1.165, 1.54) is 38.5 Å². The van der Waals surface area contributed by atoms with Crippen molar-refractivity contribution < 1.29 is 9.53 Å². The molecule has 2 heteroatoms. The van der Waals surface area contributed by atoms with Crippen LogP contribution in [0.3, 0.4) is 0 Å². The van der Waals surface area contributed by atoms with Gasteiger partial charge < -0.3 is 4.74 Å². The van der Waals surface area contributed by atoms with E-state index in [0.717, 1.165) is 25.2 Å². The molecule has 5 fully saturated rings. The molecule has 1 heterocycles. The molecule has 7 aliphatic rings. The Morgan fingerprint density at radius 2 is 1.72 bits per heavy atom. The standard InChI is InChI=1S/C30H42O2/c1-16-8-7-11-28(6)15-23-22(12-21(16)28)30(26(31)32-23)14-19-13-29(30)17(2)9-10-20-25(27(20,4)5)24(29)18(19)3/h17,19-20,22-23,25H,7-15H2,1-6H3/t17-,19+,20-,22+,23-,25-,28-,29-,30-/m0/s1. The molecule has 0 radical (unpaired) electrons. The van der Waals surface area contributed by atoms with Crippen molar-refractivity contribution in [1.29, 1.82) is 0 Å². The van der Waals surface area contributed by atoms with Crippen LogP contribution in [-0.2, 0) is 9.53 Å². The monoisotopic (exact) mass is 434 g/mol. The Kier molecular flexibility index (Phi) is 3.67. The quantitative estimate of drug-likeness (QED) is 0.297. The van der Waals surface area contributed by atoms with Gasteiger partial charge in [0.15, 0.2) is 0 Å². The molecule has 4 saturated carbocycles. The zero-order valence-corrected chi connectivity index (χ0v) is 21.1. The van der Waals surface area contributed by atoms with Crippen LogP contribution in [-0.4, -0.2) is 12.1 Å². The molecule has 1 aliphatic heterocycles. The summed E-state index contributed by atoms with van der Waals surface area (Å²) in [5.41, 5.74) is 7.32. The van der Waals surface area contributed by atoms with Crippen LogP contribution in [0.5, 0.6) is 0 Å². The lowest BCUT2D eigenvalue weighted by Gasteiger charge is -2.54. The summed E-state index contributed by atoms with van der Waals surface area (Å²) < 4.78 is 6.49. The van der Waals surface area contributed by atoms with E-state index in [0.29, 0.717) is 29.1 Å². The lowest BCUT2D eigenvalue weighted by atomic mass is 9.46. The van der Waals surface area contributed by atoms with Crippen molar-refractivity contribution in [2.24, 2.45) is 51.2 Å². The maximum absolute atomic E-state index is 14.2. The summed E-state index contributed by atoms with van der Waals surface area (Å²) >= 11 is 0. The molecule has 0 aromatic carbocycles. The van der Waals surface area contributed by atoms with Gasteiger partial charge >= 0.3 is 5.97 Å². The number of carbonyl (C=O) groups excluding carboxylic acids is 1. The number of ether oxygens (including phenoxy) is 1. The van der Waals surface area contributed by atoms with Crippen molar-refractivity contribution in [3.63, 3.8) is 0 Å². The van der Waals surface area contributed by atoms with E-state index >= 15 is 0 Å². The Morgan fingerprint density at radius 3 is 2.50 bits per heavy atom. The first-order chi connectivity index (χ1) is 15.1. The van der Waals surface area contributed by atoms with Crippen LogP contribution in [0.15, 0.2) is 22.3 Å². The molecule has 7 rings (SSSR count). The summed E-state index contributed by atoms with van der Waals surface area (Å²) in [6.07, 6.45) is 11.1. The molecule has 0 N–H and O–H groups in total. The molecule has 32 heavy (non-hydrogen) atoms. The Morgan fingerprint density at radius 1 is 0.969 bits per heavy atom. The summed E-state index contributed by atoms with van der Waals surface area (Å²) in [4.78, 5) is 14.2. The van der Waals surface area contributed by atoms with Gasteiger partial charge in [-0.25, -0.2) is 0 Å². The van der Waals surface area contributed by atoms with Gasteiger partial charge in [-0.3, -0.25) is 4.79 Å². The van der Waals surface area contributed by atoms with Crippen molar-refractivity contribution in [3.05, 3.63) is 22.3 Å². The molecular weight excluding hydrogens is 392 g/mol. The summed E-state index contributed by atoms with van der Waals surface area (Å²) in [6, 6.07) is 0. The third-order valence-electron chi connectivity index (χ3n) is 12.9. The highest BCUT2D eigenvalue weighted by Crippen LogP contribution is 2.83. The van der Waals surface area contributed by atoms with E-state index in [4.69, 9.17) is 4.74 Å². The van der Waals surface area contributed by atoms with E-state index in [-0.39, 0.29) is 28.3 Å². The number of fused-ring (bicyclic) bond motifs is 6. The molecule has 6 aliphatic carbocycles. The molecule has 0 aromatic heterocycles. The molecule has 0 amide bonds. The average Bonchev–Trinajstić information content (AvgIpc) is 2.96. The van der Waals surface area contributed by atoms with E-state index in [1.54, 1.807) is 22.3 Å². The van der Waals surface area contributed by atoms with Gasteiger partial charge in [-0.1, -0.05) is 50.0 Å². The molecule has 174 valence electrons. The van der Waals surface area contributed by atoms with Crippen LogP contribution in [0, 0.1) is 51.2 Å². The smallest absolute Gasteiger partial charge is 0.313 e. The number of esters is 1. The van der Waals surface area contributed by atoms with Crippen LogP contribution in [0.1, 0.15) is 99.3 Å². The fourth-order valence-electron chi connectivity index (χ4n) is 11.3. The van der Waals surface area contributed by atoms with Crippen LogP contribution >= 0.6 is 0 Å². The molecule has 2 nitrogen and oxygen atoms in total. The van der Waals surface area contributed by atoms with Gasteiger partial charge in [0.25, 0.3) is 0 Å². The third-order valence-corrected chi connectivity index (χ3v) is 12.9. The van der Waals surface area contributed by atoms with E-state index < -0.39 is 0 Å². The zero-order chi connectivity index (χ0) is 22.4. The van der Waals surface area contributed by atoms with Crippen molar-refractivity contribution in [3.8, 4) is 0 Å². The van der Waals surface area contributed by atoms with Crippen LogP contribution in [0.4, 0.5) is 0 Å². The van der Waals surface area contributed by atoms with Crippen molar-refractivity contribution in [2.45, 2.75) is 105 Å². The fraction of sp³-hybridized carbons (Fsp3) is 0.833. The van der Waals surface area contributed by atoms with Gasteiger partial charge in [-0.15, -0.1) is 0 Å². The highest BCUT2D eigenvalue weighted by atomic mass is 16.6. The number of hydrogen-bond acceptors (Lipinski definition) is 2. The van der Waals surface area contributed by atoms with Crippen molar-refractivity contribution in [2.75, 3.05) is 0 Å². The lowest BCUT2D eigenvalue weighted by Crippen LogP contribution is -2.53. The zero-order valence-electron chi connectivity index (χ0n) is 21.1. The maximum Gasteiger partial charge on any atom is 0.313 e. The van der Waals surface area contributed by atoms with Crippen molar-refractivity contribution in [1.82, 2.24) is 0 Å². The van der Waals surface area contributed by atoms with Gasteiger partial charge in [0, 0.05) is 11.3 Å². The van der Waals surface area contributed by atoms with Gasteiger partial charge in [0.1, 0.15) is 6.10 Å². The molecule has 2 bridgehead atoms. The van der Waals surface area contributed by atoms with E-state index in [2.05, 4.69) is 41.5 Å². The number of hydrogen-bond donors (Lipinski definition) is 0. The first-order valence-electron chi connectivity index (χ1n) is 13.7. The largest absolute Gasteiger partial charge is 0.462 e. The van der Waals surface area contributed by atoms with Crippen LogP contribution < -0.4 is 0 Å². The second-order valence-corrected chi connectivity index (χ2v) is 14.2. The summed E-state index contributed by atoms with van der Waals surface area (Å²) in [6.45, 7) is 14.8. The Hall–Kier alpha value is -1.05. The topological polar surface area (TPSA) is 26.3 Å². The highest BCUT2D eigenvalue weighted by molar-refractivity contribution is 5.84. The van der Waals surface area contributed by atoms with E-state index in [1.807, 2.05) is 0 Å². The lowest BCUT2D eigenvalue weighted by molar-refractivity contribution is -0.155. The van der Waals surface area contributed by atoms with Gasteiger partial charge in [-0.2, -0.15) is 0 Å². The average molecular weight is 435 g/mol. The normalized spacial score (nSPS) is 54.8. The maximum atomic E-state index is 14.2.